The molecule has 0 radical (unpaired) electrons. The number of aromatic nitrogens is 1. The van der Waals surface area contributed by atoms with E-state index in [2.05, 4.69) is 25.8 Å². The van der Waals surface area contributed by atoms with E-state index in [1.54, 1.807) is 6.20 Å². The van der Waals surface area contributed by atoms with Crippen molar-refractivity contribution in [3.8, 4) is 0 Å². The van der Waals surface area contributed by atoms with Gasteiger partial charge in [-0.3, -0.25) is 0 Å². The van der Waals surface area contributed by atoms with Gasteiger partial charge in [-0.15, -0.1) is 0 Å². The summed E-state index contributed by atoms with van der Waals surface area (Å²) in [6.45, 7) is 6.67. The molecule has 1 rings (SSSR count). The lowest BCUT2D eigenvalue weighted by Gasteiger charge is -2.30. The zero-order valence-corrected chi connectivity index (χ0v) is 14.0. The molecule has 20 heavy (non-hydrogen) atoms. The van der Waals surface area contributed by atoms with Crippen molar-refractivity contribution >= 4 is 11.6 Å². The van der Waals surface area contributed by atoms with Crippen LogP contribution < -0.4 is 0 Å². The minimum atomic E-state index is -0.392. The third kappa shape index (κ3) is 4.80. The van der Waals surface area contributed by atoms with Gasteiger partial charge in [0.15, 0.2) is 0 Å². The fourth-order valence-electron chi connectivity index (χ4n) is 2.92. The van der Waals surface area contributed by atoms with Crippen LogP contribution in [0.3, 0.4) is 0 Å². The Morgan fingerprint density at radius 3 is 2.10 bits per heavy atom. The molecule has 1 heterocycles. The standard InChI is InChI=1S/C17H29ClFN/c1-4-6-8-10-12-17(3,11-9-7-5-2)14-13-20-16(19)15(14)18/h13,20H,4-12H2,1-3H3. The summed E-state index contributed by atoms with van der Waals surface area (Å²) in [5.74, 6) is -0.392. The number of H-pyrrole nitrogens is 1. The molecule has 1 aromatic rings. The highest BCUT2D eigenvalue weighted by Crippen LogP contribution is 2.39. The lowest BCUT2D eigenvalue weighted by molar-refractivity contribution is 0.366. The molecular formula is C17H29ClFN. The molecule has 0 aliphatic carbocycles. The van der Waals surface area contributed by atoms with Gasteiger partial charge in [0.1, 0.15) is 0 Å². The lowest BCUT2D eigenvalue weighted by Crippen LogP contribution is -2.22. The summed E-state index contributed by atoms with van der Waals surface area (Å²) in [6, 6.07) is 0. The zero-order chi connectivity index (χ0) is 15.0. The normalized spacial score (nSPS) is 14.4. The summed E-state index contributed by atoms with van der Waals surface area (Å²) < 4.78 is 13.5. The molecule has 0 spiro atoms. The first-order valence-corrected chi connectivity index (χ1v) is 8.45. The topological polar surface area (TPSA) is 15.8 Å². The van der Waals surface area contributed by atoms with Gasteiger partial charge in [0.25, 0.3) is 0 Å². The smallest absolute Gasteiger partial charge is 0.210 e. The summed E-state index contributed by atoms with van der Waals surface area (Å²) in [4.78, 5) is 2.64. The van der Waals surface area contributed by atoms with E-state index in [1.165, 1.54) is 44.9 Å². The van der Waals surface area contributed by atoms with Crippen LogP contribution in [-0.4, -0.2) is 4.98 Å². The number of nitrogens with one attached hydrogen (secondary N) is 1. The molecule has 3 heteroatoms. The number of aromatic amines is 1. The first-order valence-electron chi connectivity index (χ1n) is 8.08. The second kappa shape index (κ2) is 8.71. The van der Waals surface area contributed by atoms with E-state index in [9.17, 15) is 4.39 Å². The molecule has 1 N–H and O–H groups in total. The van der Waals surface area contributed by atoms with Gasteiger partial charge in [-0.1, -0.05) is 77.3 Å². The van der Waals surface area contributed by atoms with E-state index in [0.29, 0.717) is 5.02 Å². The Labute approximate surface area is 128 Å². The van der Waals surface area contributed by atoms with Gasteiger partial charge in [-0.2, -0.15) is 4.39 Å². The quantitative estimate of drug-likeness (QED) is 0.468. The number of halogens is 2. The molecule has 0 saturated heterocycles. The van der Waals surface area contributed by atoms with E-state index < -0.39 is 5.95 Å². The summed E-state index contributed by atoms with van der Waals surface area (Å²) in [5.41, 5.74) is 0.963. The van der Waals surface area contributed by atoms with Crippen LogP contribution in [0.25, 0.3) is 0 Å². The molecule has 0 fully saturated rings. The highest BCUT2D eigenvalue weighted by atomic mass is 35.5. The Hall–Kier alpha value is -0.500. The molecule has 0 amide bonds. The van der Waals surface area contributed by atoms with Crippen molar-refractivity contribution in [2.75, 3.05) is 0 Å². The highest BCUT2D eigenvalue weighted by molar-refractivity contribution is 6.31. The molecular weight excluding hydrogens is 273 g/mol. The first-order chi connectivity index (χ1) is 9.55. The molecule has 1 unspecified atom stereocenters. The van der Waals surface area contributed by atoms with Crippen LogP contribution in [0.15, 0.2) is 6.20 Å². The number of hydrogen-bond acceptors (Lipinski definition) is 0. The van der Waals surface area contributed by atoms with Crippen LogP contribution in [0, 0.1) is 5.95 Å². The van der Waals surface area contributed by atoms with Crippen LogP contribution in [0.2, 0.25) is 5.02 Å². The molecule has 1 aromatic heterocycles. The molecule has 0 aromatic carbocycles. The minimum Gasteiger partial charge on any atom is -0.337 e. The Balaban J connectivity index is 2.74. The van der Waals surface area contributed by atoms with Crippen molar-refractivity contribution in [3.05, 3.63) is 22.7 Å². The average molecular weight is 302 g/mol. The van der Waals surface area contributed by atoms with Crippen molar-refractivity contribution in [3.63, 3.8) is 0 Å². The Morgan fingerprint density at radius 1 is 1.05 bits per heavy atom. The van der Waals surface area contributed by atoms with Crippen LogP contribution in [-0.2, 0) is 5.41 Å². The lowest BCUT2D eigenvalue weighted by atomic mass is 9.75. The second-order valence-electron chi connectivity index (χ2n) is 6.16. The van der Waals surface area contributed by atoms with Gasteiger partial charge in [0.2, 0.25) is 5.95 Å². The zero-order valence-electron chi connectivity index (χ0n) is 13.2. The van der Waals surface area contributed by atoms with Crippen molar-refractivity contribution in [1.29, 1.82) is 0 Å². The fraction of sp³-hybridized carbons (Fsp3) is 0.765. The number of hydrogen-bond donors (Lipinski definition) is 1. The van der Waals surface area contributed by atoms with Crippen molar-refractivity contribution in [1.82, 2.24) is 4.98 Å². The average Bonchev–Trinajstić information content (AvgIpc) is 2.76. The molecule has 116 valence electrons. The van der Waals surface area contributed by atoms with E-state index in [4.69, 9.17) is 11.6 Å². The van der Waals surface area contributed by atoms with Gasteiger partial charge in [-0.05, 0) is 23.8 Å². The molecule has 0 saturated carbocycles. The van der Waals surface area contributed by atoms with E-state index in [-0.39, 0.29) is 5.41 Å². The number of rotatable bonds is 10. The van der Waals surface area contributed by atoms with E-state index >= 15 is 0 Å². The predicted octanol–water partition coefficient (Wildman–Crippen LogP) is 6.62. The summed E-state index contributed by atoms with van der Waals surface area (Å²) in [6.07, 6.45) is 12.5. The van der Waals surface area contributed by atoms with Gasteiger partial charge < -0.3 is 4.98 Å². The van der Waals surface area contributed by atoms with Crippen molar-refractivity contribution in [2.24, 2.45) is 0 Å². The SMILES string of the molecule is CCCCCCC(C)(CCCCC)c1c[nH]c(F)c1Cl. The molecule has 0 aliphatic rings. The largest absolute Gasteiger partial charge is 0.337 e. The summed E-state index contributed by atoms with van der Waals surface area (Å²) in [7, 11) is 0. The van der Waals surface area contributed by atoms with Crippen LogP contribution in [0.5, 0.6) is 0 Å². The van der Waals surface area contributed by atoms with Crippen molar-refractivity contribution < 1.29 is 4.39 Å². The Kier molecular flexibility index (Phi) is 7.65. The van der Waals surface area contributed by atoms with E-state index in [0.717, 1.165) is 18.4 Å². The molecule has 1 atom stereocenters. The maximum absolute atomic E-state index is 13.5. The van der Waals surface area contributed by atoms with Gasteiger partial charge in [0.05, 0.1) is 5.02 Å². The molecule has 0 bridgehead atoms. The van der Waals surface area contributed by atoms with Crippen LogP contribution >= 0.6 is 11.6 Å². The minimum absolute atomic E-state index is 0.000828. The number of unbranched alkanes of at least 4 members (excludes halogenated alkanes) is 5. The summed E-state index contributed by atoms with van der Waals surface area (Å²) in [5, 5.41) is 0.291. The van der Waals surface area contributed by atoms with Gasteiger partial charge in [0, 0.05) is 6.20 Å². The predicted molar refractivity (Wildman–Crippen MR) is 86.0 cm³/mol. The Morgan fingerprint density at radius 2 is 1.60 bits per heavy atom. The van der Waals surface area contributed by atoms with E-state index in [1.807, 2.05) is 0 Å². The third-order valence-corrected chi connectivity index (χ3v) is 4.71. The second-order valence-corrected chi connectivity index (χ2v) is 6.54. The van der Waals surface area contributed by atoms with Crippen LogP contribution in [0.4, 0.5) is 4.39 Å². The highest BCUT2D eigenvalue weighted by Gasteiger charge is 2.30. The van der Waals surface area contributed by atoms with Crippen molar-refractivity contribution in [2.45, 2.75) is 84.0 Å². The maximum atomic E-state index is 13.5. The fourth-order valence-corrected chi connectivity index (χ4v) is 3.26. The van der Waals surface area contributed by atoms with Gasteiger partial charge >= 0.3 is 0 Å². The molecule has 0 aliphatic heterocycles. The summed E-state index contributed by atoms with van der Waals surface area (Å²) >= 11 is 6.14. The first kappa shape index (κ1) is 17.6. The maximum Gasteiger partial charge on any atom is 0.210 e. The monoisotopic (exact) mass is 301 g/mol. The van der Waals surface area contributed by atoms with Gasteiger partial charge in [-0.25, -0.2) is 0 Å². The van der Waals surface area contributed by atoms with Crippen LogP contribution in [0.1, 0.15) is 84.1 Å². The molecule has 1 nitrogen and oxygen atoms in total. The third-order valence-electron chi connectivity index (χ3n) is 4.34. The Bertz CT molecular complexity index is 388.